The van der Waals surface area contributed by atoms with E-state index in [1.54, 1.807) is 39.8 Å². The number of phenolic OH excluding ortho intramolecular Hbond substituents is 2. The van der Waals surface area contributed by atoms with Gasteiger partial charge in [0.05, 0.1) is 35.1 Å². The molecule has 0 aromatic heterocycles. The van der Waals surface area contributed by atoms with Crippen LogP contribution in [-0.2, 0) is 33.3 Å². The minimum Gasteiger partial charge on any atom is -0.507 e. The van der Waals surface area contributed by atoms with E-state index < -0.39 is 83.2 Å². The summed E-state index contributed by atoms with van der Waals surface area (Å²) in [5, 5.41) is 48.1. The zero-order chi connectivity index (χ0) is 49.5. The van der Waals surface area contributed by atoms with Crippen molar-refractivity contribution >= 4 is 40.1 Å². The lowest BCUT2D eigenvalue weighted by atomic mass is 9.79. The van der Waals surface area contributed by atoms with Gasteiger partial charge in [-0.15, -0.1) is 0 Å². The Hall–Kier alpha value is -5.36. The third-order valence-corrected chi connectivity index (χ3v) is 13.3. The summed E-state index contributed by atoms with van der Waals surface area (Å²) in [5.41, 5.74) is -0.155. The number of aromatic hydroxyl groups is 2. The number of allylic oxidation sites excluding steroid dienone is 3. The first-order valence-corrected chi connectivity index (χ1v) is 23.2. The fourth-order valence-corrected chi connectivity index (χ4v) is 9.97. The smallest absolute Gasteiger partial charge is 0.317 e. The predicted octanol–water partition coefficient (Wildman–Crippen LogP) is 5.99. The van der Waals surface area contributed by atoms with Crippen LogP contribution in [0.25, 0.3) is 10.8 Å². The average Bonchev–Trinajstić information content (AvgIpc) is 3.73. The van der Waals surface area contributed by atoms with E-state index in [0.29, 0.717) is 44.0 Å². The number of carbonyl (C=O) groups excluding carboxylic acids is 3. The molecule has 2 aromatic rings. The zero-order valence-corrected chi connectivity index (χ0v) is 40.8. The molecule has 5 N–H and O–H groups in total. The Balaban J connectivity index is 1.54. The van der Waals surface area contributed by atoms with Crippen molar-refractivity contribution in [1.82, 2.24) is 4.90 Å². The molecule has 366 valence electrons. The second-order valence-corrected chi connectivity index (χ2v) is 19.9. The molecule has 0 aliphatic carbocycles. The number of ketones is 1. The number of likely N-dealkylation sites (tertiary alicyclic amines) is 1. The molecular weight excluding hydrogens is 865 g/mol. The number of carboxylic acids is 1. The molecule has 0 radical (unpaired) electrons. The number of carbonyl (C=O) groups is 4. The molecule has 8 atom stereocenters. The number of carboxylic acid groups (broad SMARTS) is 1. The first-order chi connectivity index (χ1) is 31.3. The van der Waals surface area contributed by atoms with Crippen LogP contribution in [0.2, 0.25) is 0 Å². The van der Waals surface area contributed by atoms with E-state index in [4.69, 9.17) is 28.7 Å². The van der Waals surface area contributed by atoms with Crippen molar-refractivity contribution in [2.75, 3.05) is 32.1 Å². The molecule has 4 bridgehead atoms. The molecule has 1 fully saturated rings. The van der Waals surface area contributed by atoms with Crippen molar-refractivity contribution < 1.29 is 63.3 Å². The highest BCUT2D eigenvalue weighted by Crippen LogP contribution is 2.51. The summed E-state index contributed by atoms with van der Waals surface area (Å²) < 4.78 is 30.6. The number of phenols is 2. The van der Waals surface area contributed by atoms with Gasteiger partial charge in [0, 0.05) is 74.9 Å². The molecule has 17 heteroatoms. The van der Waals surface area contributed by atoms with Gasteiger partial charge in [0.2, 0.25) is 0 Å². The number of fused-ring (bicyclic) bond motifs is 1. The summed E-state index contributed by atoms with van der Waals surface area (Å²) in [6.45, 7) is 21.7. The molecule has 4 heterocycles. The highest BCUT2D eigenvalue weighted by atomic mass is 16.7. The highest BCUT2D eigenvalue weighted by Gasteiger charge is 2.51. The Bertz CT molecular complexity index is 2500. The molecular formula is C50H68N4O13. The molecule has 1 amide bonds. The van der Waals surface area contributed by atoms with Gasteiger partial charge in [0.25, 0.3) is 11.7 Å². The van der Waals surface area contributed by atoms with Gasteiger partial charge in [-0.2, -0.15) is 0 Å². The number of ether oxygens (including phenoxy) is 5. The average molecular weight is 933 g/mol. The summed E-state index contributed by atoms with van der Waals surface area (Å²) in [6, 6.07) is 0. The number of rotatable bonds is 8. The Labute approximate surface area is 391 Å². The SMILES string of the molecule is CO[C@H]1/C=C/OC2(C)Oc3c(C)c(O)c4c(O)c(c5c(c4c3C2=O)NC2(CCN(CC(C)C)CC2)N=5)=NC(=O)/C(C)=C\C=C\C(C)C[C@@H](C)C(OC(C)(C)O)[C@@H](C)C(OC(=O)CC(=O)O)[C@@H]1C. The van der Waals surface area contributed by atoms with Gasteiger partial charge >= 0.3 is 17.7 Å². The number of hydrogen-bond acceptors (Lipinski definition) is 15. The van der Waals surface area contributed by atoms with Gasteiger partial charge in [0.15, 0.2) is 11.5 Å². The Morgan fingerprint density at radius 3 is 2.28 bits per heavy atom. The maximum Gasteiger partial charge on any atom is 0.317 e. The van der Waals surface area contributed by atoms with Crippen LogP contribution >= 0.6 is 0 Å². The monoisotopic (exact) mass is 932 g/mol. The molecule has 6 rings (SSSR count). The molecule has 4 aliphatic rings. The van der Waals surface area contributed by atoms with Crippen molar-refractivity contribution in [1.29, 1.82) is 0 Å². The lowest BCUT2D eigenvalue weighted by molar-refractivity contribution is -0.238. The van der Waals surface area contributed by atoms with Crippen LogP contribution < -0.4 is 20.8 Å². The maximum atomic E-state index is 14.9. The number of esters is 1. The number of piperidine rings is 1. The number of nitrogens with one attached hydrogen (secondary N) is 1. The fourth-order valence-electron chi connectivity index (χ4n) is 9.97. The number of Topliss-reactive ketones (excluding diaryl/α,β-unsaturated/α-hetero) is 1. The number of amides is 1. The number of methoxy groups -OCH3 is 1. The van der Waals surface area contributed by atoms with Crippen molar-refractivity contribution in [2.24, 2.45) is 39.6 Å². The zero-order valence-electron chi connectivity index (χ0n) is 40.8. The molecule has 17 nitrogen and oxygen atoms in total. The summed E-state index contributed by atoms with van der Waals surface area (Å²) in [6.07, 6.45) is 6.14. The van der Waals surface area contributed by atoms with Gasteiger partial charge in [-0.05, 0) is 57.9 Å². The standard InChI is InChI=1S/C50H68N4O13/c1-25(2)24-54-19-17-50(18-20-54)52-38-35-36-41(58)30(7)45-37(35)46(60)49(11,67-45)64-21-16-32(63-12)29(6)44(65-34(57)23-33(55)56)31(8)43(66-48(9,10)62)28(5)22-26(3)14-13-15-27(4)47(61)51-40(42(36)59)39(38)53-50/h13-16,21,25-26,28-29,31-32,43-44,52,58-59,62H,17-20,22-24H2,1-12H3,(H,55,56)/b14-13+,21-16+,27-15-,51-40?/t26?,28-,29-,31-,32+,43?,44?,49?/m1/s1. The fraction of sp³-hybridized carbons (Fsp3) is 0.600. The van der Waals surface area contributed by atoms with E-state index in [1.807, 2.05) is 19.9 Å². The second-order valence-electron chi connectivity index (χ2n) is 19.9. The van der Waals surface area contributed by atoms with Crippen LogP contribution in [0, 0.1) is 36.5 Å². The van der Waals surface area contributed by atoms with Gasteiger partial charge in [-0.3, -0.25) is 24.2 Å². The number of hydrogen-bond donors (Lipinski definition) is 5. The van der Waals surface area contributed by atoms with Gasteiger partial charge in [-0.1, -0.05) is 59.8 Å². The van der Waals surface area contributed by atoms with Crippen LogP contribution in [0.1, 0.15) is 111 Å². The molecule has 4 aliphatic heterocycles. The molecule has 0 saturated carbocycles. The van der Waals surface area contributed by atoms with Crippen LogP contribution in [0.15, 0.2) is 46.1 Å². The van der Waals surface area contributed by atoms with Crippen molar-refractivity contribution in [3.63, 3.8) is 0 Å². The lowest BCUT2D eigenvalue weighted by Gasteiger charge is -2.41. The number of aliphatic carboxylic acids is 1. The highest BCUT2D eigenvalue weighted by molar-refractivity contribution is 6.21. The lowest BCUT2D eigenvalue weighted by Crippen LogP contribution is -2.47. The largest absolute Gasteiger partial charge is 0.507 e. The van der Waals surface area contributed by atoms with Gasteiger partial charge in [-0.25, -0.2) is 4.99 Å². The third-order valence-electron chi connectivity index (χ3n) is 13.3. The van der Waals surface area contributed by atoms with Crippen molar-refractivity contribution in [2.45, 2.75) is 137 Å². The van der Waals surface area contributed by atoms with Crippen LogP contribution in [-0.4, -0.2) is 111 Å². The third kappa shape index (κ3) is 10.7. The van der Waals surface area contributed by atoms with Crippen LogP contribution in [0.4, 0.5) is 5.69 Å². The summed E-state index contributed by atoms with van der Waals surface area (Å²) in [7, 11) is 1.44. The van der Waals surface area contributed by atoms with E-state index in [-0.39, 0.29) is 61.5 Å². The van der Waals surface area contributed by atoms with Crippen LogP contribution in [0.5, 0.6) is 17.2 Å². The molecule has 1 saturated heterocycles. The first-order valence-electron chi connectivity index (χ1n) is 23.2. The second kappa shape index (κ2) is 19.7. The van der Waals surface area contributed by atoms with Crippen LogP contribution in [0.3, 0.4) is 0 Å². The summed E-state index contributed by atoms with van der Waals surface area (Å²) in [4.78, 5) is 65.5. The quantitative estimate of drug-likeness (QED) is 0.0886. The predicted molar refractivity (Wildman–Crippen MR) is 248 cm³/mol. The Kier molecular flexibility index (Phi) is 15.0. The van der Waals surface area contributed by atoms with Crippen molar-refractivity contribution in [3.8, 4) is 17.2 Å². The summed E-state index contributed by atoms with van der Waals surface area (Å²) >= 11 is 0. The minimum absolute atomic E-state index is 0.0234. The van der Waals surface area contributed by atoms with E-state index in [1.165, 1.54) is 40.2 Å². The maximum absolute atomic E-state index is 14.9. The van der Waals surface area contributed by atoms with E-state index in [0.717, 1.165) is 6.54 Å². The van der Waals surface area contributed by atoms with Gasteiger partial charge < -0.3 is 54.3 Å². The number of nitrogens with zero attached hydrogens (tertiary/aromatic N) is 3. The van der Waals surface area contributed by atoms with E-state index in [9.17, 15) is 39.6 Å². The number of anilines is 1. The first kappa shape index (κ1) is 51.0. The Morgan fingerprint density at radius 1 is 1.00 bits per heavy atom. The van der Waals surface area contributed by atoms with E-state index in [2.05, 4.69) is 29.1 Å². The molecule has 4 unspecified atom stereocenters. The molecule has 1 spiro atoms. The topological polar surface area (TPSA) is 235 Å². The van der Waals surface area contributed by atoms with E-state index >= 15 is 0 Å². The van der Waals surface area contributed by atoms with Crippen molar-refractivity contribution in [3.05, 3.63) is 58.0 Å². The molecule has 67 heavy (non-hydrogen) atoms. The number of benzene rings is 2. The minimum atomic E-state index is -2.01. The van der Waals surface area contributed by atoms with Gasteiger partial charge in [0.1, 0.15) is 40.4 Å². The molecule has 2 aromatic carbocycles. The number of aliphatic hydroxyl groups is 1. The Morgan fingerprint density at radius 2 is 1.67 bits per heavy atom. The summed E-state index contributed by atoms with van der Waals surface area (Å²) in [5.74, 6) is -9.44. The normalized spacial score (nSPS) is 29.9.